The molecule has 3 nitrogen and oxygen atoms in total. The number of ether oxygens (including phenoxy) is 2. The molecule has 0 amide bonds. The zero-order valence-corrected chi connectivity index (χ0v) is 9.80. The zero-order chi connectivity index (χ0) is 12.0. The summed E-state index contributed by atoms with van der Waals surface area (Å²) in [6, 6.07) is 5.01. The van der Waals surface area contributed by atoms with Crippen molar-refractivity contribution in [2.75, 3.05) is 13.7 Å². The van der Waals surface area contributed by atoms with Gasteiger partial charge in [-0.2, -0.15) is 0 Å². The molecular weight excluding hydrogens is 228 g/mol. The van der Waals surface area contributed by atoms with Gasteiger partial charge in [-0.15, -0.1) is 0 Å². The Morgan fingerprint density at radius 1 is 1.44 bits per heavy atom. The van der Waals surface area contributed by atoms with E-state index in [4.69, 9.17) is 16.3 Å². The standard InChI is InChI=1S/C12H11ClO3/c1-3-16-12(14)5-4-9-6-10(13)8-11(7-9)15-2/h6-8H,3H2,1-2H3. The van der Waals surface area contributed by atoms with Gasteiger partial charge in [0.05, 0.1) is 13.7 Å². The number of methoxy groups -OCH3 is 1. The summed E-state index contributed by atoms with van der Waals surface area (Å²) in [6.07, 6.45) is 0. The molecule has 0 bridgehead atoms. The van der Waals surface area contributed by atoms with Crippen LogP contribution in [0.2, 0.25) is 5.02 Å². The fraction of sp³-hybridized carbons (Fsp3) is 0.250. The van der Waals surface area contributed by atoms with Crippen LogP contribution in [0.25, 0.3) is 0 Å². The first-order valence-corrected chi connectivity index (χ1v) is 5.07. The van der Waals surface area contributed by atoms with Crippen molar-refractivity contribution in [1.29, 1.82) is 0 Å². The topological polar surface area (TPSA) is 35.5 Å². The molecule has 4 heteroatoms. The third kappa shape index (κ3) is 3.84. The normalized spacial score (nSPS) is 8.94. The van der Waals surface area contributed by atoms with Crippen LogP contribution in [0.4, 0.5) is 0 Å². The Bertz CT molecular complexity index is 443. The lowest BCUT2D eigenvalue weighted by Crippen LogP contribution is -1.99. The minimum atomic E-state index is -0.554. The van der Waals surface area contributed by atoms with Crippen LogP contribution in [0.15, 0.2) is 18.2 Å². The Kier molecular flexibility index (Phi) is 4.68. The maximum absolute atomic E-state index is 11.0. The average Bonchev–Trinajstić information content (AvgIpc) is 2.26. The van der Waals surface area contributed by atoms with Gasteiger partial charge in [0.1, 0.15) is 5.75 Å². The Labute approximate surface area is 99.3 Å². The maximum atomic E-state index is 11.0. The van der Waals surface area contributed by atoms with E-state index < -0.39 is 5.97 Å². The van der Waals surface area contributed by atoms with Crippen LogP contribution in [-0.2, 0) is 9.53 Å². The molecule has 0 spiro atoms. The minimum absolute atomic E-state index is 0.312. The van der Waals surface area contributed by atoms with Crippen LogP contribution >= 0.6 is 11.6 Å². The molecule has 0 saturated heterocycles. The smallest absolute Gasteiger partial charge is 0.384 e. The van der Waals surface area contributed by atoms with Gasteiger partial charge in [0.15, 0.2) is 0 Å². The van der Waals surface area contributed by atoms with Gasteiger partial charge in [0.2, 0.25) is 0 Å². The lowest BCUT2D eigenvalue weighted by molar-refractivity contribution is -0.136. The van der Waals surface area contributed by atoms with Crippen molar-refractivity contribution >= 4 is 17.6 Å². The highest BCUT2D eigenvalue weighted by atomic mass is 35.5. The van der Waals surface area contributed by atoms with E-state index in [0.29, 0.717) is 22.9 Å². The monoisotopic (exact) mass is 238 g/mol. The van der Waals surface area contributed by atoms with Gasteiger partial charge < -0.3 is 9.47 Å². The van der Waals surface area contributed by atoms with Crippen LogP contribution in [0.1, 0.15) is 12.5 Å². The van der Waals surface area contributed by atoms with E-state index in [1.807, 2.05) is 0 Å². The molecule has 1 rings (SSSR count). The van der Waals surface area contributed by atoms with E-state index in [9.17, 15) is 4.79 Å². The fourth-order valence-electron chi connectivity index (χ4n) is 1.04. The summed E-state index contributed by atoms with van der Waals surface area (Å²) in [7, 11) is 1.54. The molecule has 0 aliphatic rings. The fourth-order valence-corrected chi connectivity index (χ4v) is 1.27. The molecule has 0 saturated carbocycles. The van der Waals surface area contributed by atoms with Crippen molar-refractivity contribution < 1.29 is 14.3 Å². The number of halogens is 1. The molecule has 0 aromatic heterocycles. The Morgan fingerprint density at radius 3 is 2.81 bits per heavy atom. The third-order valence-electron chi connectivity index (χ3n) is 1.69. The lowest BCUT2D eigenvalue weighted by Gasteiger charge is -2.00. The second kappa shape index (κ2) is 6.04. The number of hydrogen-bond donors (Lipinski definition) is 0. The summed E-state index contributed by atoms with van der Waals surface area (Å²) in [5, 5.41) is 0.507. The molecule has 0 radical (unpaired) electrons. The van der Waals surface area contributed by atoms with E-state index in [-0.39, 0.29) is 0 Å². The summed E-state index contributed by atoms with van der Waals surface area (Å²) < 4.78 is 9.70. The van der Waals surface area contributed by atoms with Gasteiger partial charge in [-0.25, -0.2) is 4.79 Å². The lowest BCUT2D eigenvalue weighted by atomic mass is 10.2. The maximum Gasteiger partial charge on any atom is 0.384 e. The molecule has 0 unspecified atom stereocenters. The molecule has 0 heterocycles. The Morgan fingerprint density at radius 2 is 2.19 bits per heavy atom. The van der Waals surface area contributed by atoms with Crippen molar-refractivity contribution in [2.24, 2.45) is 0 Å². The summed E-state index contributed by atoms with van der Waals surface area (Å²) in [5.41, 5.74) is 0.609. The first kappa shape index (κ1) is 12.4. The van der Waals surface area contributed by atoms with Gasteiger partial charge in [0, 0.05) is 16.5 Å². The van der Waals surface area contributed by atoms with E-state index >= 15 is 0 Å². The summed E-state index contributed by atoms with van der Waals surface area (Å²) >= 11 is 5.84. The van der Waals surface area contributed by atoms with Crippen molar-refractivity contribution in [3.05, 3.63) is 28.8 Å². The molecule has 0 aliphatic heterocycles. The predicted molar refractivity (Wildman–Crippen MR) is 61.5 cm³/mol. The summed E-state index contributed by atoms with van der Waals surface area (Å²) in [4.78, 5) is 11.0. The van der Waals surface area contributed by atoms with E-state index in [0.717, 1.165) is 0 Å². The van der Waals surface area contributed by atoms with E-state index in [1.54, 1.807) is 25.1 Å². The Hall–Kier alpha value is -1.66. The van der Waals surface area contributed by atoms with Gasteiger partial charge >= 0.3 is 5.97 Å². The van der Waals surface area contributed by atoms with Crippen molar-refractivity contribution in [3.63, 3.8) is 0 Å². The highest BCUT2D eigenvalue weighted by molar-refractivity contribution is 6.30. The quantitative estimate of drug-likeness (QED) is 0.586. The molecule has 0 atom stereocenters. The number of benzene rings is 1. The molecule has 0 N–H and O–H groups in total. The molecule has 0 aliphatic carbocycles. The largest absolute Gasteiger partial charge is 0.497 e. The van der Waals surface area contributed by atoms with Crippen LogP contribution in [-0.4, -0.2) is 19.7 Å². The molecule has 1 aromatic rings. The zero-order valence-electron chi connectivity index (χ0n) is 9.04. The number of esters is 1. The number of carbonyl (C=O) groups is 1. The van der Waals surface area contributed by atoms with E-state index in [2.05, 4.69) is 16.6 Å². The van der Waals surface area contributed by atoms with Gasteiger partial charge in [-0.05, 0) is 25.1 Å². The summed E-state index contributed by atoms with van der Waals surface area (Å²) in [6.45, 7) is 2.04. The van der Waals surface area contributed by atoms with Crippen molar-refractivity contribution in [2.45, 2.75) is 6.92 Å². The number of carbonyl (C=O) groups excluding carboxylic acids is 1. The summed E-state index contributed by atoms with van der Waals surface area (Å²) in [5.74, 6) is 5.05. The van der Waals surface area contributed by atoms with Gasteiger partial charge in [-0.1, -0.05) is 17.5 Å². The highest BCUT2D eigenvalue weighted by Crippen LogP contribution is 2.19. The van der Waals surface area contributed by atoms with E-state index in [1.165, 1.54) is 7.11 Å². The molecular formula is C12H11ClO3. The Balaban J connectivity index is 2.88. The van der Waals surface area contributed by atoms with Crippen LogP contribution < -0.4 is 4.74 Å². The number of rotatable bonds is 2. The predicted octanol–water partition coefficient (Wildman–Crippen LogP) is 2.26. The van der Waals surface area contributed by atoms with Crippen LogP contribution in [0.5, 0.6) is 5.75 Å². The van der Waals surface area contributed by atoms with Crippen molar-refractivity contribution in [1.82, 2.24) is 0 Å². The average molecular weight is 239 g/mol. The molecule has 1 aromatic carbocycles. The minimum Gasteiger partial charge on any atom is -0.497 e. The van der Waals surface area contributed by atoms with Gasteiger partial charge in [-0.3, -0.25) is 0 Å². The molecule has 16 heavy (non-hydrogen) atoms. The third-order valence-corrected chi connectivity index (χ3v) is 1.91. The first-order chi connectivity index (χ1) is 7.65. The second-order valence-electron chi connectivity index (χ2n) is 2.85. The van der Waals surface area contributed by atoms with Gasteiger partial charge in [0.25, 0.3) is 0 Å². The van der Waals surface area contributed by atoms with Crippen LogP contribution in [0, 0.1) is 11.8 Å². The molecule has 0 fully saturated rings. The molecule has 84 valence electrons. The first-order valence-electron chi connectivity index (χ1n) is 4.69. The SMILES string of the molecule is CCOC(=O)C#Cc1cc(Cl)cc(OC)c1. The number of hydrogen-bond acceptors (Lipinski definition) is 3. The second-order valence-corrected chi connectivity index (χ2v) is 3.29. The van der Waals surface area contributed by atoms with Crippen LogP contribution in [0.3, 0.4) is 0 Å². The van der Waals surface area contributed by atoms with Crippen molar-refractivity contribution in [3.8, 4) is 17.6 Å². The highest BCUT2D eigenvalue weighted by Gasteiger charge is 1.98.